The molecule has 1 aliphatic rings. The van der Waals surface area contributed by atoms with Crippen LogP contribution in [0.1, 0.15) is 44.7 Å². The van der Waals surface area contributed by atoms with Gasteiger partial charge in [0.05, 0.1) is 0 Å². The summed E-state index contributed by atoms with van der Waals surface area (Å²) in [5, 5.41) is 8.98. The molecular formula is C16H22O2S. The summed E-state index contributed by atoms with van der Waals surface area (Å²) in [6.45, 7) is 6.65. The molecular weight excluding hydrogens is 256 g/mol. The molecule has 0 aliphatic carbocycles. The normalized spacial score (nSPS) is 19.6. The number of benzene rings is 1. The van der Waals surface area contributed by atoms with Gasteiger partial charge >= 0.3 is 5.97 Å². The first kappa shape index (κ1) is 14.4. The Morgan fingerprint density at radius 1 is 1.42 bits per heavy atom. The number of thioether (sulfide) groups is 1. The molecule has 0 aromatic heterocycles. The van der Waals surface area contributed by atoms with Crippen molar-refractivity contribution in [3.05, 3.63) is 29.3 Å². The fraction of sp³-hybridized carbons (Fsp3) is 0.562. The molecule has 1 heterocycles. The molecule has 2 rings (SSSR count). The number of rotatable bonds is 2. The van der Waals surface area contributed by atoms with E-state index in [9.17, 15) is 4.79 Å². The molecule has 1 unspecified atom stereocenters. The highest BCUT2D eigenvalue weighted by Crippen LogP contribution is 2.35. The largest absolute Gasteiger partial charge is 0.481 e. The average molecular weight is 278 g/mol. The molecule has 104 valence electrons. The Morgan fingerprint density at radius 2 is 2.16 bits per heavy atom. The van der Waals surface area contributed by atoms with E-state index in [1.807, 2.05) is 11.8 Å². The Kier molecular flexibility index (Phi) is 4.24. The highest BCUT2D eigenvalue weighted by molar-refractivity contribution is 7.99. The van der Waals surface area contributed by atoms with Crippen LogP contribution in [0.15, 0.2) is 23.1 Å². The van der Waals surface area contributed by atoms with E-state index in [1.54, 1.807) is 0 Å². The summed E-state index contributed by atoms with van der Waals surface area (Å²) in [6.07, 6.45) is 2.19. The van der Waals surface area contributed by atoms with E-state index in [2.05, 4.69) is 39.0 Å². The molecule has 1 atom stereocenters. The van der Waals surface area contributed by atoms with Crippen molar-refractivity contribution in [3.63, 3.8) is 0 Å². The zero-order valence-electron chi connectivity index (χ0n) is 11.9. The van der Waals surface area contributed by atoms with Gasteiger partial charge in [0.1, 0.15) is 0 Å². The molecule has 3 heteroatoms. The third kappa shape index (κ3) is 3.75. The lowest BCUT2D eigenvalue weighted by Crippen LogP contribution is -2.13. The van der Waals surface area contributed by atoms with Crippen LogP contribution in [0.3, 0.4) is 0 Å². The van der Waals surface area contributed by atoms with E-state index in [0.29, 0.717) is 6.42 Å². The minimum absolute atomic E-state index is 0.147. The average Bonchev–Trinajstić information content (AvgIpc) is 2.47. The molecule has 0 bridgehead atoms. The Bertz CT molecular complexity index is 474. The minimum atomic E-state index is -0.676. The maximum Gasteiger partial charge on any atom is 0.303 e. The van der Waals surface area contributed by atoms with Gasteiger partial charge in [0, 0.05) is 11.3 Å². The summed E-state index contributed by atoms with van der Waals surface area (Å²) in [4.78, 5) is 12.2. The molecule has 0 radical (unpaired) electrons. The molecule has 1 aromatic rings. The predicted molar refractivity (Wildman–Crippen MR) is 79.9 cm³/mol. The van der Waals surface area contributed by atoms with Crippen LogP contribution in [-0.2, 0) is 16.6 Å². The molecule has 0 fully saturated rings. The van der Waals surface area contributed by atoms with Crippen LogP contribution in [-0.4, -0.2) is 16.8 Å². The van der Waals surface area contributed by atoms with Crippen molar-refractivity contribution in [2.75, 3.05) is 5.75 Å². The van der Waals surface area contributed by atoms with Crippen LogP contribution >= 0.6 is 11.8 Å². The first-order valence-corrected chi connectivity index (χ1v) is 7.83. The van der Waals surface area contributed by atoms with Crippen molar-refractivity contribution >= 4 is 17.7 Å². The zero-order valence-corrected chi connectivity index (χ0v) is 12.7. The second kappa shape index (κ2) is 5.58. The van der Waals surface area contributed by atoms with Gasteiger partial charge in [-0.1, -0.05) is 32.9 Å². The maximum atomic E-state index is 10.9. The monoisotopic (exact) mass is 278 g/mol. The van der Waals surface area contributed by atoms with Gasteiger partial charge in [-0.15, -0.1) is 11.8 Å². The summed E-state index contributed by atoms with van der Waals surface area (Å²) in [5.74, 6) is 0.631. The SMILES string of the molecule is CC(C)(C)c1ccc2c(c1)CC(CC(=O)O)CCS2. The summed E-state index contributed by atoms with van der Waals surface area (Å²) >= 11 is 1.87. The molecule has 19 heavy (non-hydrogen) atoms. The highest BCUT2D eigenvalue weighted by Gasteiger charge is 2.22. The van der Waals surface area contributed by atoms with Gasteiger partial charge in [-0.25, -0.2) is 0 Å². The van der Waals surface area contributed by atoms with E-state index in [4.69, 9.17) is 5.11 Å². The van der Waals surface area contributed by atoms with Crippen molar-refractivity contribution in [2.24, 2.45) is 5.92 Å². The van der Waals surface area contributed by atoms with Gasteiger partial charge in [0.2, 0.25) is 0 Å². The van der Waals surface area contributed by atoms with E-state index in [0.717, 1.165) is 18.6 Å². The fourth-order valence-electron chi connectivity index (χ4n) is 2.52. The second-order valence-electron chi connectivity index (χ2n) is 6.38. The van der Waals surface area contributed by atoms with Gasteiger partial charge in [0.25, 0.3) is 0 Å². The van der Waals surface area contributed by atoms with Crippen LogP contribution in [0.25, 0.3) is 0 Å². The number of carbonyl (C=O) groups is 1. The highest BCUT2D eigenvalue weighted by atomic mass is 32.2. The van der Waals surface area contributed by atoms with Crippen LogP contribution in [0.4, 0.5) is 0 Å². The Balaban J connectivity index is 2.26. The van der Waals surface area contributed by atoms with Gasteiger partial charge < -0.3 is 5.11 Å². The Morgan fingerprint density at radius 3 is 2.79 bits per heavy atom. The van der Waals surface area contributed by atoms with Crippen molar-refractivity contribution in [1.29, 1.82) is 0 Å². The predicted octanol–water partition coefficient (Wildman–Crippen LogP) is 4.11. The fourth-order valence-corrected chi connectivity index (χ4v) is 3.68. The molecule has 0 saturated heterocycles. The summed E-state index contributed by atoms with van der Waals surface area (Å²) in [5.41, 5.74) is 2.82. The number of hydrogen-bond acceptors (Lipinski definition) is 2. The van der Waals surface area contributed by atoms with Crippen LogP contribution in [0.2, 0.25) is 0 Å². The van der Waals surface area contributed by atoms with E-state index >= 15 is 0 Å². The van der Waals surface area contributed by atoms with Crippen LogP contribution in [0, 0.1) is 5.92 Å². The molecule has 2 nitrogen and oxygen atoms in total. The summed E-state index contributed by atoms with van der Waals surface area (Å²) < 4.78 is 0. The first-order chi connectivity index (χ1) is 8.86. The number of aliphatic carboxylic acids is 1. The van der Waals surface area contributed by atoms with E-state index in [1.165, 1.54) is 16.0 Å². The number of hydrogen-bond donors (Lipinski definition) is 1. The van der Waals surface area contributed by atoms with E-state index < -0.39 is 5.97 Å². The topological polar surface area (TPSA) is 37.3 Å². The summed E-state index contributed by atoms with van der Waals surface area (Å²) in [7, 11) is 0. The van der Waals surface area contributed by atoms with Gasteiger partial charge in [0.15, 0.2) is 0 Å². The van der Waals surface area contributed by atoms with Crippen molar-refractivity contribution < 1.29 is 9.90 Å². The molecule has 1 aromatic carbocycles. The lowest BCUT2D eigenvalue weighted by atomic mass is 9.84. The van der Waals surface area contributed by atoms with Crippen molar-refractivity contribution in [2.45, 2.75) is 50.3 Å². The van der Waals surface area contributed by atoms with Gasteiger partial charge in [-0.3, -0.25) is 4.79 Å². The molecule has 1 N–H and O–H groups in total. The van der Waals surface area contributed by atoms with Crippen molar-refractivity contribution in [3.8, 4) is 0 Å². The smallest absolute Gasteiger partial charge is 0.303 e. The molecule has 1 aliphatic heterocycles. The van der Waals surface area contributed by atoms with Gasteiger partial charge in [-0.05, 0) is 47.1 Å². The minimum Gasteiger partial charge on any atom is -0.481 e. The lowest BCUT2D eigenvalue weighted by Gasteiger charge is -2.21. The number of carboxylic acid groups (broad SMARTS) is 1. The molecule has 0 spiro atoms. The lowest BCUT2D eigenvalue weighted by molar-refractivity contribution is -0.138. The van der Waals surface area contributed by atoms with Crippen LogP contribution in [0.5, 0.6) is 0 Å². The maximum absolute atomic E-state index is 10.9. The quantitative estimate of drug-likeness (QED) is 0.884. The van der Waals surface area contributed by atoms with Crippen molar-refractivity contribution in [1.82, 2.24) is 0 Å². The first-order valence-electron chi connectivity index (χ1n) is 6.84. The third-order valence-corrected chi connectivity index (χ3v) is 4.83. The van der Waals surface area contributed by atoms with Gasteiger partial charge in [-0.2, -0.15) is 0 Å². The number of fused-ring (bicyclic) bond motifs is 1. The summed E-state index contributed by atoms with van der Waals surface area (Å²) in [6, 6.07) is 6.70. The Hall–Kier alpha value is -0.960. The van der Waals surface area contributed by atoms with E-state index in [-0.39, 0.29) is 11.3 Å². The molecule has 0 saturated carbocycles. The Labute approximate surface area is 119 Å². The molecule has 0 amide bonds. The number of carboxylic acids is 1. The zero-order chi connectivity index (χ0) is 14.0. The standard InChI is InChI=1S/C16H22O2S/c1-16(2,3)13-4-5-14-12(10-13)8-11(6-7-19-14)9-15(17)18/h4-5,10-11H,6-9H2,1-3H3,(H,17,18). The van der Waals surface area contributed by atoms with Crippen LogP contribution < -0.4 is 0 Å². The second-order valence-corrected chi connectivity index (χ2v) is 7.51. The third-order valence-electron chi connectivity index (χ3n) is 3.68.